The topological polar surface area (TPSA) is 195 Å². The zero-order valence-corrected chi connectivity index (χ0v) is 30.9. The molecule has 0 spiro atoms. The number of carboxylic acids is 2. The number of Topliss-reactive ketones (excluding diaryl/α,β-unsaturated/α-hetero) is 4. The molecule has 4 rings (SSSR count). The van der Waals surface area contributed by atoms with Gasteiger partial charge in [-0.15, -0.1) is 0 Å². The summed E-state index contributed by atoms with van der Waals surface area (Å²) in [6, 6.07) is 25.0. The number of halogens is 1. The molecule has 55 heavy (non-hydrogen) atoms. The van der Waals surface area contributed by atoms with E-state index in [1.807, 2.05) is 0 Å². The van der Waals surface area contributed by atoms with E-state index in [0.29, 0.717) is 22.3 Å². The van der Waals surface area contributed by atoms with Gasteiger partial charge in [0.15, 0.2) is 0 Å². The van der Waals surface area contributed by atoms with Crippen LogP contribution in [0.2, 0.25) is 0 Å². The van der Waals surface area contributed by atoms with E-state index >= 15 is 0 Å². The molecule has 0 fully saturated rings. The standard InChI is InChI=1S/C21H16O6.C17H11BrO4.C4H6O2/c1-27-19(24)13-7-15-4-10-17(11-5-15)21(26)20(25)16-8-2-14(3-9-16)6-12-18(22)23;18-14-8-6-13(7-9-14)17(22)16(21)12-4-1-11(2-5-12)3-10-15(19)20;1-3-4(5)6-2/h2-13H,1H3,(H,22,23);1-10H,(H,19,20);3H,1H2,2H3/b12-6+,13-7+;10-3+;. The molecule has 0 heterocycles. The number of aliphatic carboxylic acids is 2. The van der Waals surface area contributed by atoms with Crippen LogP contribution in [-0.2, 0) is 28.7 Å². The molecule has 4 aromatic carbocycles. The van der Waals surface area contributed by atoms with Crippen LogP contribution in [0.15, 0.2) is 132 Å². The SMILES string of the molecule is C=CC(=O)OC.COC(=O)/C=C/c1ccc(C(=O)C(=O)c2ccc(/C=C/C(=O)O)cc2)cc1.O=C(O)/C=C/c1ccc(C(=O)C(=O)c2ccc(Br)cc2)cc1. The number of hydrogen-bond acceptors (Lipinski definition) is 10. The van der Waals surface area contributed by atoms with Gasteiger partial charge in [0, 0.05) is 51.0 Å². The minimum Gasteiger partial charge on any atom is -0.478 e. The van der Waals surface area contributed by atoms with Gasteiger partial charge in [-0.05, 0) is 59.2 Å². The predicted molar refractivity (Wildman–Crippen MR) is 207 cm³/mol. The van der Waals surface area contributed by atoms with Crippen molar-refractivity contribution in [1.29, 1.82) is 0 Å². The molecule has 4 aromatic rings. The maximum absolute atomic E-state index is 12.3. The normalized spacial score (nSPS) is 10.3. The first-order chi connectivity index (χ1) is 26.2. The van der Waals surface area contributed by atoms with Crippen molar-refractivity contribution in [3.63, 3.8) is 0 Å². The third-order valence-electron chi connectivity index (χ3n) is 6.86. The summed E-state index contributed by atoms with van der Waals surface area (Å²) < 4.78 is 9.46. The summed E-state index contributed by atoms with van der Waals surface area (Å²) in [5.41, 5.74) is 2.94. The fraction of sp³-hybridized carbons (Fsp3) is 0.0476. The van der Waals surface area contributed by atoms with E-state index < -0.39 is 47.0 Å². The van der Waals surface area contributed by atoms with E-state index in [-0.39, 0.29) is 16.7 Å². The summed E-state index contributed by atoms with van der Waals surface area (Å²) in [5.74, 6) is -5.52. The fourth-order valence-corrected chi connectivity index (χ4v) is 4.28. The summed E-state index contributed by atoms with van der Waals surface area (Å²) in [5, 5.41) is 17.1. The van der Waals surface area contributed by atoms with Crippen LogP contribution in [0.1, 0.15) is 58.1 Å². The molecule has 0 amide bonds. The molecular weight excluding hydrogens is 776 g/mol. The van der Waals surface area contributed by atoms with Crippen molar-refractivity contribution < 1.29 is 58.0 Å². The number of carbonyl (C=O) groups excluding carboxylic acids is 6. The van der Waals surface area contributed by atoms with Crippen molar-refractivity contribution in [1.82, 2.24) is 0 Å². The van der Waals surface area contributed by atoms with Gasteiger partial charge >= 0.3 is 23.9 Å². The lowest BCUT2D eigenvalue weighted by molar-refractivity contribution is -0.135. The van der Waals surface area contributed by atoms with Gasteiger partial charge < -0.3 is 19.7 Å². The maximum atomic E-state index is 12.3. The molecule has 0 unspecified atom stereocenters. The highest BCUT2D eigenvalue weighted by Crippen LogP contribution is 2.15. The van der Waals surface area contributed by atoms with Crippen LogP contribution < -0.4 is 0 Å². The molecule has 0 saturated heterocycles. The Labute approximate surface area is 323 Å². The first-order valence-electron chi connectivity index (χ1n) is 15.7. The van der Waals surface area contributed by atoms with Gasteiger partial charge in [-0.1, -0.05) is 95.3 Å². The van der Waals surface area contributed by atoms with Gasteiger partial charge in [0.1, 0.15) is 0 Å². The van der Waals surface area contributed by atoms with Gasteiger partial charge in [0.05, 0.1) is 14.2 Å². The van der Waals surface area contributed by atoms with Crippen LogP contribution in [0, 0.1) is 0 Å². The van der Waals surface area contributed by atoms with E-state index in [2.05, 4.69) is 32.0 Å². The van der Waals surface area contributed by atoms with Crippen molar-refractivity contribution in [2.45, 2.75) is 0 Å². The zero-order chi connectivity index (χ0) is 40.9. The summed E-state index contributed by atoms with van der Waals surface area (Å²) in [4.78, 5) is 90.7. The second kappa shape index (κ2) is 22.7. The summed E-state index contributed by atoms with van der Waals surface area (Å²) in [7, 11) is 2.58. The zero-order valence-electron chi connectivity index (χ0n) is 29.3. The monoisotopic (exact) mass is 808 g/mol. The van der Waals surface area contributed by atoms with Gasteiger partial charge in [0.2, 0.25) is 23.1 Å². The van der Waals surface area contributed by atoms with E-state index in [9.17, 15) is 38.4 Å². The minimum absolute atomic E-state index is 0.210. The number of esters is 2. The van der Waals surface area contributed by atoms with E-state index in [1.54, 1.807) is 60.7 Å². The number of hydrogen-bond donors (Lipinski definition) is 2. The van der Waals surface area contributed by atoms with Crippen molar-refractivity contribution in [2.75, 3.05) is 14.2 Å². The molecule has 0 aromatic heterocycles. The molecule has 0 aliphatic heterocycles. The second-order valence-corrected chi connectivity index (χ2v) is 11.5. The van der Waals surface area contributed by atoms with E-state index in [0.717, 1.165) is 22.7 Å². The van der Waals surface area contributed by atoms with Crippen LogP contribution in [0.3, 0.4) is 0 Å². The number of methoxy groups -OCH3 is 2. The summed E-state index contributed by atoms with van der Waals surface area (Å²) in [6.45, 7) is 3.16. The molecule has 12 nitrogen and oxygen atoms in total. The number of carboxylic acid groups (broad SMARTS) is 2. The Hall–Kier alpha value is -7.12. The van der Waals surface area contributed by atoms with Gasteiger partial charge in [-0.2, -0.15) is 0 Å². The molecule has 280 valence electrons. The Morgan fingerprint density at radius 3 is 0.982 bits per heavy atom. The number of carbonyl (C=O) groups is 8. The Balaban J connectivity index is 0.000000336. The van der Waals surface area contributed by atoms with Crippen molar-refractivity contribution in [2.24, 2.45) is 0 Å². The molecular formula is C42H33BrO12. The lowest BCUT2D eigenvalue weighted by atomic mass is 9.99. The molecule has 13 heteroatoms. The molecule has 0 aliphatic rings. The Bertz CT molecular complexity index is 2120. The largest absolute Gasteiger partial charge is 0.478 e. The highest BCUT2D eigenvalue weighted by Gasteiger charge is 2.19. The minimum atomic E-state index is -1.07. The smallest absolute Gasteiger partial charge is 0.330 e. The number of ether oxygens (including phenoxy) is 2. The Kier molecular flexibility index (Phi) is 18.2. The highest BCUT2D eigenvalue weighted by molar-refractivity contribution is 9.10. The molecule has 0 aliphatic carbocycles. The average Bonchev–Trinajstić information content (AvgIpc) is 3.21. The van der Waals surface area contributed by atoms with Crippen molar-refractivity contribution in [3.8, 4) is 0 Å². The number of ketones is 4. The Morgan fingerprint density at radius 2 is 0.745 bits per heavy atom. The van der Waals surface area contributed by atoms with Crippen LogP contribution in [0.5, 0.6) is 0 Å². The van der Waals surface area contributed by atoms with Gasteiger partial charge in [-0.3, -0.25) is 19.2 Å². The molecule has 2 N–H and O–H groups in total. The quantitative estimate of drug-likeness (QED) is 0.0609. The molecule has 0 saturated carbocycles. The number of benzene rings is 4. The molecule has 0 atom stereocenters. The van der Waals surface area contributed by atoms with Crippen LogP contribution in [-0.4, -0.2) is 71.4 Å². The lowest BCUT2D eigenvalue weighted by Crippen LogP contribution is -2.14. The lowest BCUT2D eigenvalue weighted by Gasteiger charge is -2.02. The van der Waals surface area contributed by atoms with Crippen LogP contribution in [0.25, 0.3) is 18.2 Å². The Morgan fingerprint density at radius 1 is 0.473 bits per heavy atom. The van der Waals surface area contributed by atoms with Crippen molar-refractivity contribution in [3.05, 3.63) is 171 Å². The van der Waals surface area contributed by atoms with E-state index in [4.69, 9.17) is 10.2 Å². The third-order valence-corrected chi connectivity index (χ3v) is 7.38. The van der Waals surface area contributed by atoms with Gasteiger partial charge in [-0.25, -0.2) is 19.2 Å². The highest BCUT2D eigenvalue weighted by atomic mass is 79.9. The summed E-state index contributed by atoms with van der Waals surface area (Å²) in [6.07, 6.45) is 8.68. The van der Waals surface area contributed by atoms with Gasteiger partial charge in [0.25, 0.3) is 0 Å². The predicted octanol–water partition coefficient (Wildman–Crippen LogP) is 6.99. The van der Waals surface area contributed by atoms with Crippen LogP contribution >= 0.6 is 15.9 Å². The number of rotatable bonds is 13. The first kappa shape index (κ1) is 44.0. The second-order valence-electron chi connectivity index (χ2n) is 10.6. The summed E-state index contributed by atoms with van der Waals surface area (Å²) >= 11 is 3.26. The maximum Gasteiger partial charge on any atom is 0.330 e. The average molecular weight is 810 g/mol. The van der Waals surface area contributed by atoms with Crippen LogP contribution in [0.4, 0.5) is 0 Å². The fourth-order valence-electron chi connectivity index (χ4n) is 4.01. The molecule has 0 radical (unpaired) electrons. The van der Waals surface area contributed by atoms with Crippen molar-refractivity contribution >= 4 is 81.2 Å². The molecule has 0 bridgehead atoms. The first-order valence-corrected chi connectivity index (χ1v) is 16.5. The van der Waals surface area contributed by atoms with E-state index in [1.165, 1.54) is 74.9 Å². The third kappa shape index (κ3) is 15.6.